The van der Waals surface area contributed by atoms with Gasteiger partial charge >= 0.3 is 15.5 Å². The summed E-state index contributed by atoms with van der Waals surface area (Å²) >= 11 is 6.22. The summed E-state index contributed by atoms with van der Waals surface area (Å²) in [6.07, 6.45) is 2.55. The first-order valence-corrected chi connectivity index (χ1v) is 15.6. The van der Waals surface area contributed by atoms with Crippen molar-refractivity contribution in [3.8, 4) is 11.5 Å². The Bertz CT molecular complexity index is 1760. The number of imidazole rings is 1. The summed E-state index contributed by atoms with van der Waals surface area (Å²) in [5.41, 5.74) is -0.569. The number of halogens is 4. The summed E-state index contributed by atoms with van der Waals surface area (Å²) in [5, 5.41) is 0.629. The van der Waals surface area contributed by atoms with Crippen molar-refractivity contribution < 1.29 is 31.1 Å². The third-order valence-electron chi connectivity index (χ3n) is 8.37. The van der Waals surface area contributed by atoms with Crippen LogP contribution in [0.3, 0.4) is 0 Å². The molecule has 12 heteroatoms. The molecular weight excluding hydrogens is 591 g/mol. The largest absolute Gasteiger partial charge is 0.511 e. The van der Waals surface area contributed by atoms with Crippen LogP contribution in [0.25, 0.3) is 11.0 Å². The Balaban J connectivity index is 1.30. The van der Waals surface area contributed by atoms with Crippen LogP contribution in [0, 0.1) is 0 Å². The first-order chi connectivity index (χ1) is 20.1. The predicted molar refractivity (Wildman–Crippen MR) is 151 cm³/mol. The van der Waals surface area contributed by atoms with E-state index in [0.717, 1.165) is 46.4 Å². The lowest BCUT2D eigenvalue weighted by Crippen LogP contribution is -2.45. The number of fused-ring (bicyclic) bond motifs is 2. The summed E-state index contributed by atoms with van der Waals surface area (Å²) in [4.78, 5) is 4.96. The van der Waals surface area contributed by atoms with Crippen LogP contribution in [0.15, 0.2) is 60.7 Å². The summed E-state index contributed by atoms with van der Waals surface area (Å²) in [7, 11) is -5.36. The van der Waals surface area contributed by atoms with Gasteiger partial charge in [0.2, 0.25) is 6.79 Å². The zero-order valence-electron chi connectivity index (χ0n) is 22.4. The molecule has 3 heterocycles. The molecule has 0 radical (unpaired) electrons. The van der Waals surface area contributed by atoms with E-state index >= 15 is 0 Å². The van der Waals surface area contributed by atoms with Crippen molar-refractivity contribution in [3.05, 3.63) is 88.2 Å². The number of piperidine rings is 1. The van der Waals surface area contributed by atoms with E-state index in [4.69, 9.17) is 26.1 Å². The first kappa shape index (κ1) is 27.5. The van der Waals surface area contributed by atoms with Gasteiger partial charge in [-0.25, -0.2) is 13.4 Å². The first-order valence-electron chi connectivity index (χ1n) is 13.8. The number of aromatic nitrogens is 2. The Labute approximate surface area is 245 Å². The molecule has 1 atom stereocenters. The van der Waals surface area contributed by atoms with E-state index in [1.807, 2.05) is 48.5 Å². The molecular formula is C30H27ClF3N3O4S. The number of hydrogen-bond donors (Lipinski definition) is 0. The van der Waals surface area contributed by atoms with Crippen LogP contribution in [0.5, 0.6) is 11.5 Å². The molecule has 2 aliphatic heterocycles. The maximum atomic E-state index is 13.2. The number of rotatable bonds is 6. The molecule has 1 saturated carbocycles. The fourth-order valence-corrected chi connectivity index (χ4v) is 7.24. The minimum absolute atomic E-state index is 0.167. The van der Waals surface area contributed by atoms with Crippen molar-refractivity contribution in [2.45, 2.75) is 49.1 Å². The summed E-state index contributed by atoms with van der Waals surface area (Å²) in [5.74, 6) is 2.40. The third kappa shape index (κ3) is 4.81. The van der Waals surface area contributed by atoms with Gasteiger partial charge in [0.25, 0.3) is 0 Å². The average molecular weight is 618 g/mol. The van der Waals surface area contributed by atoms with Gasteiger partial charge in [-0.05, 0) is 78.8 Å². The fraction of sp³-hybridized carbons (Fsp3) is 0.367. The van der Waals surface area contributed by atoms with Crippen LogP contribution >= 0.6 is 11.6 Å². The Morgan fingerprint density at radius 3 is 2.19 bits per heavy atom. The average Bonchev–Trinajstić information content (AvgIpc) is 3.59. The Kier molecular flexibility index (Phi) is 6.67. The van der Waals surface area contributed by atoms with Crippen molar-refractivity contribution in [2.75, 3.05) is 19.9 Å². The van der Waals surface area contributed by atoms with Crippen molar-refractivity contribution in [3.63, 3.8) is 0 Å². The Morgan fingerprint density at radius 1 is 0.857 bits per heavy atom. The molecule has 7 rings (SSSR count). The molecule has 3 aliphatic rings. The highest BCUT2D eigenvalue weighted by atomic mass is 35.5. The molecule has 1 unspecified atom stereocenters. The lowest BCUT2D eigenvalue weighted by Gasteiger charge is -2.33. The molecule has 42 heavy (non-hydrogen) atoms. The van der Waals surface area contributed by atoms with Crippen LogP contribution in [0.1, 0.15) is 66.1 Å². The van der Waals surface area contributed by atoms with Gasteiger partial charge in [-0.2, -0.15) is 17.5 Å². The molecule has 1 aromatic heterocycles. The van der Waals surface area contributed by atoms with Gasteiger partial charge in [0.05, 0.1) is 11.0 Å². The lowest BCUT2D eigenvalue weighted by molar-refractivity contribution is -0.0496. The third-order valence-corrected chi connectivity index (χ3v) is 10.3. The maximum Gasteiger partial charge on any atom is 0.511 e. The van der Waals surface area contributed by atoms with Crippen LogP contribution in [-0.2, 0) is 10.0 Å². The van der Waals surface area contributed by atoms with E-state index < -0.39 is 15.5 Å². The van der Waals surface area contributed by atoms with Crippen LogP contribution in [0.2, 0.25) is 5.02 Å². The topological polar surface area (TPSA) is 73.7 Å². The Morgan fingerprint density at radius 2 is 1.50 bits per heavy atom. The minimum Gasteiger partial charge on any atom is -0.454 e. The highest BCUT2D eigenvalue weighted by Gasteiger charge is 2.50. The number of alkyl halides is 3. The van der Waals surface area contributed by atoms with Gasteiger partial charge in [-0.15, -0.1) is 0 Å². The highest BCUT2D eigenvalue weighted by molar-refractivity contribution is 7.90. The fourth-order valence-electron chi connectivity index (χ4n) is 6.13. The van der Waals surface area contributed by atoms with Gasteiger partial charge in [0.15, 0.2) is 11.5 Å². The molecule has 0 bridgehead atoms. The second-order valence-corrected chi connectivity index (χ2v) is 13.4. The highest BCUT2D eigenvalue weighted by Crippen LogP contribution is 2.45. The number of nitrogens with zero attached hydrogens (tertiary/aromatic N) is 3. The maximum absolute atomic E-state index is 13.2. The van der Waals surface area contributed by atoms with Gasteiger partial charge in [0, 0.05) is 36.0 Å². The van der Waals surface area contributed by atoms with Crippen molar-refractivity contribution in [1.82, 2.24) is 13.9 Å². The number of benzene rings is 3. The molecule has 0 spiro atoms. The van der Waals surface area contributed by atoms with E-state index in [1.54, 1.807) is 0 Å². The van der Waals surface area contributed by atoms with Gasteiger partial charge < -0.3 is 14.0 Å². The second-order valence-electron chi connectivity index (χ2n) is 11.0. The van der Waals surface area contributed by atoms with Crippen molar-refractivity contribution in [1.29, 1.82) is 0 Å². The summed E-state index contributed by atoms with van der Waals surface area (Å²) in [6.45, 7) is -0.219. The van der Waals surface area contributed by atoms with Gasteiger partial charge in [0.1, 0.15) is 5.82 Å². The molecule has 7 nitrogen and oxygen atoms in total. The molecule has 0 amide bonds. The van der Waals surface area contributed by atoms with E-state index in [2.05, 4.69) is 16.7 Å². The molecule has 1 saturated heterocycles. The van der Waals surface area contributed by atoms with Crippen LogP contribution < -0.4 is 9.47 Å². The van der Waals surface area contributed by atoms with E-state index in [0.29, 0.717) is 26.7 Å². The van der Waals surface area contributed by atoms with Crippen LogP contribution in [0.4, 0.5) is 13.2 Å². The van der Waals surface area contributed by atoms with E-state index in [-0.39, 0.29) is 44.7 Å². The zero-order chi connectivity index (χ0) is 29.2. The van der Waals surface area contributed by atoms with Crippen molar-refractivity contribution >= 4 is 32.7 Å². The smallest absolute Gasteiger partial charge is 0.454 e. The van der Waals surface area contributed by atoms with E-state index in [9.17, 15) is 21.6 Å². The standard InChI is InChI=1S/C30H27ClF3N3O4S/c31-22-7-3-18(4-8-22)28(21-6-10-26-27(16-21)41-17-40-26)20-5-9-24-25(15-20)37(29(35-24)19-1-2-19)23-11-13-36(14-12-23)42(38,39)30(32,33)34/h3-10,15-16,19,23,28H,1-2,11-14,17H2. The number of sulfonamides is 1. The number of ether oxygens (including phenoxy) is 2. The quantitative estimate of drug-likeness (QED) is 0.219. The van der Waals surface area contributed by atoms with E-state index in [1.165, 1.54) is 0 Å². The normalized spacial score (nSPS) is 19.0. The molecule has 220 valence electrons. The molecule has 1 aliphatic carbocycles. The molecule has 3 aromatic carbocycles. The monoisotopic (exact) mass is 617 g/mol. The van der Waals surface area contributed by atoms with Gasteiger partial charge in [-0.1, -0.05) is 35.9 Å². The van der Waals surface area contributed by atoms with Crippen LogP contribution in [-0.4, -0.2) is 47.7 Å². The zero-order valence-corrected chi connectivity index (χ0v) is 23.9. The molecule has 2 fully saturated rings. The summed E-state index contributed by atoms with van der Waals surface area (Å²) < 4.78 is 77.6. The number of hydrogen-bond acceptors (Lipinski definition) is 5. The second kappa shape index (κ2) is 10.2. The predicted octanol–water partition coefficient (Wildman–Crippen LogP) is 6.96. The van der Waals surface area contributed by atoms with Crippen molar-refractivity contribution in [2.24, 2.45) is 0 Å². The molecule has 0 N–H and O–H groups in total. The molecule has 4 aromatic rings. The Hall–Kier alpha value is -3.28. The lowest BCUT2D eigenvalue weighted by atomic mass is 9.85. The van der Waals surface area contributed by atoms with Gasteiger partial charge in [-0.3, -0.25) is 0 Å². The SMILES string of the molecule is O=S(=O)(N1CCC(n2c(C3CC3)nc3ccc(C(c4ccc(Cl)cc4)c4ccc5c(c4)OCO5)cc32)CC1)C(F)(F)F. The minimum atomic E-state index is -5.36. The summed E-state index contributed by atoms with van der Waals surface area (Å²) in [6, 6.07) is 19.6.